The van der Waals surface area contributed by atoms with Gasteiger partial charge in [-0.2, -0.15) is 13.5 Å². The first kappa shape index (κ1) is 19.4. The largest absolute Gasteiger partial charge is 0.497 e. The molecule has 8 nitrogen and oxygen atoms in total. The standard InChI is InChI=1S/C19H20N4O4S/c1-12-4-6-15(7-5-12)23-28(25,26)19-17(13(2)21-22-19)18(24)20-14-8-10-16(27-3)11-9-14/h4-11,23H,1-3H3,(H,20,24)(H,21,22). The van der Waals surface area contributed by atoms with E-state index in [1.54, 1.807) is 62.6 Å². The minimum Gasteiger partial charge on any atom is -0.497 e. The number of aromatic amines is 1. The Morgan fingerprint density at radius 3 is 2.21 bits per heavy atom. The van der Waals surface area contributed by atoms with E-state index in [2.05, 4.69) is 20.2 Å². The second kappa shape index (κ2) is 7.73. The monoisotopic (exact) mass is 400 g/mol. The number of carbonyl (C=O) groups excluding carboxylic acids is 1. The van der Waals surface area contributed by atoms with Crippen LogP contribution < -0.4 is 14.8 Å². The van der Waals surface area contributed by atoms with Gasteiger partial charge in [-0.3, -0.25) is 14.6 Å². The predicted octanol–water partition coefficient (Wildman–Crippen LogP) is 3.09. The van der Waals surface area contributed by atoms with Gasteiger partial charge in [0.1, 0.15) is 11.3 Å². The quantitative estimate of drug-likeness (QED) is 0.588. The molecule has 2 aromatic carbocycles. The lowest BCUT2D eigenvalue weighted by Gasteiger charge is -2.09. The topological polar surface area (TPSA) is 113 Å². The van der Waals surface area contributed by atoms with Crippen LogP contribution in [0.3, 0.4) is 0 Å². The molecule has 3 N–H and O–H groups in total. The molecule has 0 aliphatic heterocycles. The highest BCUT2D eigenvalue weighted by molar-refractivity contribution is 7.92. The highest BCUT2D eigenvalue weighted by Gasteiger charge is 2.28. The van der Waals surface area contributed by atoms with E-state index in [0.29, 0.717) is 22.8 Å². The van der Waals surface area contributed by atoms with Crippen LogP contribution >= 0.6 is 0 Å². The number of anilines is 2. The van der Waals surface area contributed by atoms with Crippen molar-refractivity contribution in [1.29, 1.82) is 0 Å². The van der Waals surface area contributed by atoms with Gasteiger partial charge in [0, 0.05) is 17.1 Å². The lowest BCUT2D eigenvalue weighted by molar-refractivity contribution is 0.102. The molecule has 1 aromatic heterocycles. The van der Waals surface area contributed by atoms with Crippen LogP contribution in [0.5, 0.6) is 5.75 Å². The van der Waals surface area contributed by atoms with E-state index in [9.17, 15) is 13.2 Å². The average Bonchev–Trinajstić information content (AvgIpc) is 3.07. The number of ether oxygens (including phenoxy) is 1. The number of hydrogen-bond acceptors (Lipinski definition) is 5. The maximum absolute atomic E-state index is 12.8. The molecule has 0 saturated heterocycles. The minimum atomic E-state index is -4.06. The summed E-state index contributed by atoms with van der Waals surface area (Å²) in [5.41, 5.74) is 2.18. The molecule has 0 spiro atoms. The molecule has 0 fully saturated rings. The van der Waals surface area contributed by atoms with Crippen LogP contribution in [0.15, 0.2) is 53.6 Å². The smallest absolute Gasteiger partial charge is 0.282 e. The van der Waals surface area contributed by atoms with Gasteiger partial charge in [0.15, 0.2) is 0 Å². The molecular formula is C19H20N4O4S. The van der Waals surface area contributed by atoms with Gasteiger partial charge in [0.05, 0.1) is 7.11 Å². The third-order valence-corrected chi connectivity index (χ3v) is 5.36. The number of amides is 1. The second-order valence-corrected chi connectivity index (χ2v) is 7.78. The summed E-state index contributed by atoms with van der Waals surface area (Å²) in [6.07, 6.45) is 0. The Morgan fingerprint density at radius 1 is 1.00 bits per heavy atom. The van der Waals surface area contributed by atoms with Gasteiger partial charge in [-0.1, -0.05) is 17.7 Å². The van der Waals surface area contributed by atoms with Crippen molar-refractivity contribution in [2.24, 2.45) is 0 Å². The summed E-state index contributed by atoms with van der Waals surface area (Å²) in [5, 5.41) is 8.72. The molecule has 146 valence electrons. The number of sulfonamides is 1. The number of hydrogen-bond donors (Lipinski definition) is 3. The number of benzene rings is 2. The van der Waals surface area contributed by atoms with E-state index in [0.717, 1.165) is 5.56 Å². The van der Waals surface area contributed by atoms with Gasteiger partial charge >= 0.3 is 0 Å². The van der Waals surface area contributed by atoms with Crippen molar-refractivity contribution in [3.63, 3.8) is 0 Å². The fourth-order valence-electron chi connectivity index (χ4n) is 2.56. The number of nitrogens with zero attached hydrogens (tertiary/aromatic N) is 1. The third-order valence-electron chi connectivity index (χ3n) is 4.05. The zero-order valence-corrected chi connectivity index (χ0v) is 16.4. The van der Waals surface area contributed by atoms with Crippen LogP contribution in [0.4, 0.5) is 11.4 Å². The fraction of sp³-hybridized carbons (Fsp3) is 0.158. The van der Waals surface area contributed by atoms with E-state index >= 15 is 0 Å². The van der Waals surface area contributed by atoms with E-state index in [-0.39, 0.29) is 10.6 Å². The van der Waals surface area contributed by atoms with Crippen molar-refractivity contribution in [3.8, 4) is 5.75 Å². The van der Waals surface area contributed by atoms with Crippen LogP contribution in [0.25, 0.3) is 0 Å². The van der Waals surface area contributed by atoms with Gasteiger partial charge in [-0.05, 0) is 50.2 Å². The molecule has 0 radical (unpaired) electrons. The first-order valence-corrected chi connectivity index (χ1v) is 9.88. The van der Waals surface area contributed by atoms with Crippen molar-refractivity contribution >= 4 is 27.3 Å². The van der Waals surface area contributed by atoms with Crippen molar-refractivity contribution in [2.75, 3.05) is 17.1 Å². The maximum Gasteiger partial charge on any atom is 0.282 e. The number of methoxy groups -OCH3 is 1. The summed E-state index contributed by atoms with van der Waals surface area (Å²) in [6.45, 7) is 3.48. The van der Waals surface area contributed by atoms with Gasteiger partial charge in [-0.15, -0.1) is 0 Å². The summed E-state index contributed by atoms with van der Waals surface area (Å²) >= 11 is 0. The zero-order chi connectivity index (χ0) is 20.3. The van der Waals surface area contributed by atoms with Crippen LogP contribution in [0.2, 0.25) is 0 Å². The van der Waals surface area contributed by atoms with Crippen molar-refractivity contribution in [2.45, 2.75) is 18.9 Å². The molecule has 3 rings (SSSR count). The van der Waals surface area contributed by atoms with E-state index in [1.807, 2.05) is 6.92 Å². The fourth-order valence-corrected chi connectivity index (χ4v) is 3.79. The summed E-state index contributed by atoms with van der Waals surface area (Å²) in [5.74, 6) is 0.0590. The molecule has 0 aliphatic rings. The zero-order valence-electron chi connectivity index (χ0n) is 15.6. The molecule has 0 unspecified atom stereocenters. The summed E-state index contributed by atoms with van der Waals surface area (Å²) in [7, 11) is -2.51. The summed E-state index contributed by atoms with van der Waals surface area (Å²) in [6, 6.07) is 13.5. The lowest BCUT2D eigenvalue weighted by atomic mass is 10.2. The highest BCUT2D eigenvalue weighted by atomic mass is 32.2. The van der Waals surface area contributed by atoms with Gasteiger partial charge in [0.2, 0.25) is 5.03 Å². The maximum atomic E-state index is 12.8. The van der Waals surface area contributed by atoms with Crippen LogP contribution in [0.1, 0.15) is 21.6 Å². The SMILES string of the molecule is COc1ccc(NC(=O)c2c(S(=O)(=O)Nc3ccc(C)cc3)n[nH]c2C)cc1. The van der Waals surface area contributed by atoms with E-state index in [1.165, 1.54) is 0 Å². The molecule has 28 heavy (non-hydrogen) atoms. The van der Waals surface area contributed by atoms with Crippen molar-refractivity contribution < 1.29 is 17.9 Å². The van der Waals surface area contributed by atoms with Gasteiger partial charge in [-0.25, -0.2) is 0 Å². The van der Waals surface area contributed by atoms with E-state index < -0.39 is 15.9 Å². The Bertz CT molecular complexity index is 1090. The first-order valence-electron chi connectivity index (χ1n) is 8.40. The number of rotatable bonds is 6. The molecule has 9 heteroatoms. The number of H-pyrrole nitrogens is 1. The highest BCUT2D eigenvalue weighted by Crippen LogP contribution is 2.22. The molecule has 0 saturated carbocycles. The molecule has 1 amide bonds. The molecule has 0 aliphatic carbocycles. The Morgan fingerprint density at radius 2 is 1.61 bits per heavy atom. The predicted molar refractivity (Wildman–Crippen MR) is 106 cm³/mol. The molecular weight excluding hydrogens is 380 g/mol. The number of aryl methyl sites for hydroxylation is 2. The van der Waals surface area contributed by atoms with Crippen LogP contribution in [-0.2, 0) is 10.0 Å². The lowest BCUT2D eigenvalue weighted by Crippen LogP contribution is -2.20. The van der Waals surface area contributed by atoms with Gasteiger partial charge < -0.3 is 10.1 Å². The number of carbonyl (C=O) groups is 1. The van der Waals surface area contributed by atoms with Crippen molar-refractivity contribution in [3.05, 3.63) is 65.4 Å². The molecule has 0 atom stereocenters. The normalized spacial score (nSPS) is 11.1. The molecule has 1 heterocycles. The molecule has 0 bridgehead atoms. The second-order valence-electron chi connectivity index (χ2n) is 6.18. The van der Waals surface area contributed by atoms with Crippen LogP contribution in [0, 0.1) is 13.8 Å². The first-order chi connectivity index (χ1) is 13.3. The van der Waals surface area contributed by atoms with Crippen LogP contribution in [-0.4, -0.2) is 31.6 Å². The third kappa shape index (κ3) is 4.15. The molecule has 3 aromatic rings. The number of nitrogens with one attached hydrogen (secondary N) is 3. The van der Waals surface area contributed by atoms with Gasteiger partial charge in [0.25, 0.3) is 15.9 Å². The summed E-state index contributed by atoms with van der Waals surface area (Å²) in [4.78, 5) is 12.7. The Hall–Kier alpha value is -3.33. The Labute approximate surface area is 163 Å². The van der Waals surface area contributed by atoms with Crippen molar-refractivity contribution in [1.82, 2.24) is 10.2 Å². The minimum absolute atomic E-state index is 0.0459. The van der Waals surface area contributed by atoms with E-state index in [4.69, 9.17) is 4.74 Å². The Balaban J connectivity index is 1.87. The Kier molecular flexibility index (Phi) is 5.36. The average molecular weight is 400 g/mol. The summed E-state index contributed by atoms with van der Waals surface area (Å²) < 4.78 is 33.1. The number of aromatic nitrogens is 2.